The number of esters is 1. The molecule has 1 aromatic rings. The molecule has 1 spiro atoms. The van der Waals surface area contributed by atoms with Crippen molar-refractivity contribution in [3.05, 3.63) is 35.9 Å². The molecule has 2 amide bonds. The minimum Gasteiger partial charge on any atom is -0.466 e. The average molecular weight is 551 g/mol. The summed E-state index contributed by atoms with van der Waals surface area (Å²) in [6, 6.07) is 8.00. The number of unbranched alkanes of at least 4 members (excludes halogenated alkanes) is 2. The average Bonchev–Trinajstić information content (AvgIpc) is 3.44. The van der Waals surface area contributed by atoms with Crippen molar-refractivity contribution in [3.63, 3.8) is 0 Å². The Balaban J connectivity index is 1.70. The van der Waals surface area contributed by atoms with Gasteiger partial charge in [0.1, 0.15) is 11.6 Å². The Morgan fingerprint density at radius 3 is 2.69 bits per heavy atom. The van der Waals surface area contributed by atoms with E-state index in [1.807, 2.05) is 30.3 Å². The summed E-state index contributed by atoms with van der Waals surface area (Å²) in [6.07, 6.45) is 3.12. The number of alkyl halides is 1. The van der Waals surface area contributed by atoms with Crippen LogP contribution in [-0.4, -0.2) is 76.2 Å². The molecular weight excluding hydrogens is 516 g/mol. The molecule has 2 N–H and O–H groups in total. The van der Waals surface area contributed by atoms with E-state index in [-0.39, 0.29) is 29.9 Å². The number of likely N-dealkylation sites (tertiary alicyclic amines) is 1. The van der Waals surface area contributed by atoms with Crippen LogP contribution in [0.2, 0.25) is 0 Å². The first-order valence-electron chi connectivity index (χ1n) is 12.6. The third kappa shape index (κ3) is 4.62. The smallest absolute Gasteiger partial charge is 0.312 e. The van der Waals surface area contributed by atoms with Gasteiger partial charge in [-0.2, -0.15) is 0 Å². The first-order chi connectivity index (χ1) is 16.9. The maximum atomic E-state index is 14.0. The van der Waals surface area contributed by atoms with Crippen molar-refractivity contribution >= 4 is 33.7 Å². The van der Waals surface area contributed by atoms with Crippen LogP contribution in [0.5, 0.6) is 0 Å². The molecule has 3 aliphatic heterocycles. The van der Waals surface area contributed by atoms with Crippen molar-refractivity contribution in [2.75, 3.05) is 19.8 Å². The van der Waals surface area contributed by atoms with Crippen LogP contribution < -0.4 is 5.32 Å². The maximum absolute atomic E-state index is 14.0. The Labute approximate surface area is 214 Å². The fraction of sp³-hybridized carbons (Fsp3) is 0.654. The number of hydrogen-bond donors (Lipinski definition) is 2. The molecule has 0 radical (unpaired) electrons. The number of hydrogen-bond acceptors (Lipinski definition) is 6. The SMILES string of the molecule is CCCCCNC(=O)[C@@H]1N([C@@H](CO)Cc2ccccc2)C(=O)[C@H]2[C@H](C(=O)OCC)[C@H]3O[C@@]12CC3Br. The Hall–Kier alpha value is -1.97. The molecule has 35 heavy (non-hydrogen) atoms. The number of aliphatic hydroxyl groups excluding tert-OH is 1. The van der Waals surface area contributed by atoms with Crippen molar-refractivity contribution in [2.45, 2.75) is 74.6 Å². The van der Waals surface area contributed by atoms with Gasteiger partial charge in [0.15, 0.2) is 0 Å². The van der Waals surface area contributed by atoms with Crippen LogP contribution in [0, 0.1) is 11.8 Å². The molecule has 9 heteroatoms. The summed E-state index contributed by atoms with van der Waals surface area (Å²) in [6.45, 7) is 4.20. The second-order valence-corrected chi connectivity index (χ2v) is 10.9. The van der Waals surface area contributed by atoms with E-state index < -0.39 is 41.6 Å². The molecule has 3 heterocycles. The number of carbonyl (C=O) groups is 3. The largest absolute Gasteiger partial charge is 0.466 e. The van der Waals surface area contributed by atoms with Gasteiger partial charge in [0.25, 0.3) is 0 Å². The highest BCUT2D eigenvalue weighted by Gasteiger charge is 2.77. The normalized spacial score (nSPS) is 31.9. The van der Waals surface area contributed by atoms with Gasteiger partial charge in [0, 0.05) is 11.4 Å². The van der Waals surface area contributed by atoms with Gasteiger partial charge in [-0.3, -0.25) is 14.4 Å². The lowest BCUT2D eigenvalue weighted by Gasteiger charge is -2.37. The number of benzene rings is 1. The van der Waals surface area contributed by atoms with Gasteiger partial charge < -0.3 is 24.8 Å². The fourth-order valence-electron chi connectivity index (χ4n) is 6.09. The van der Waals surface area contributed by atoms with Gasteiger partial charge in [-0.1, -0.05) is 66.0 Å². The fourth-order valence-corrected chi connectivity index (χ4v) is 7.03. The lowest BCUT2D eigenvalue weighted by molar-refractivity contribution is -0.155. The third-order valence-corrected chi connectivity index (χ3v) is 8.38. The Kier molecular flexibility index (Phi) is 8.18. The number of fused-ring (bicyclic) bond motifs is 1. The van der Waals surface area contributed by atoms with Crippen LogP contribution in [0.15, 0.2) is 30.3 Å². The zero-order chi connectivity index (χ0) is 25.2. The summed E-state index contributed by atoms with van der Waals surface area (Å²) in [5, 5.41) is 13.4. The summed E-state index contributed by atoms with van der Waals surface area (Å²) >= 11 is 3.64. The van der Waals surface area contributed by atoms with Gasteiger partial charge in [0.05, 0.1) is 37.2 Å². The van der Waals surface area contributed by atoms with E-state index >= 15 is 0 Å². The van der Waals surface area contributed by atoms with Crippen molar-refractivity contribution in [1.29, 1.82) is 0 Å². The number of nitrogens with one attached hydrogen (secondary N) is 1. The van der Waals surface area contributed by atoms with Crippen LogP contribution in [0.4, 0.5) is 0 Å². The van der Waals surface area contributed by atoms with Gasteiger partial charge in [0.2, 0.25) is 11.8 Å². The van der Waals surface area contributed by atoms with Crippen molar-refractivity contribution in [2.24, 2.45) is 11.8 Å². The maximum Gasteiger partial charge on any atom is 0.312 e. The second kappa shape index (κ2) is 11.0. The lowest BCUT2D eigenvalue weighted by atomic mass is 9.70. The molecular formula is C26H35BrN2O6. The molecule has 4 rings (SSSR count). The molecule has 1 aromatic carbocycles. The van der Waals surface area contributed by atoms with E-state index in [1.165, 1.54) is 4.90 Å². The summed E-state index contributed by atoms with van der Waals surface area (Å²) in [5.74, 6) is -2.72. The van der Waals surface area contributed by atoms with Gasteiger partial charge in [-0.05, 0) is 31.7 Å². The minimum absolute atomic E-state index is 0.182. The van der Waals surface area contributed by atoms with Crippen LogP contribution in [0.3, 0.4) is 0 Å². The molecule has 192 valence electrons. The standard InChI is InChI=1S/C26H35BrN2O6/c1-3-5-9-12-28-23(31)22-26-14-18(27)21(35-26)19(25(33)34-4-2)20(26)24(32)29(22)17(15-30)13-16-10-7-6-8-11-16/h6-8,10-11,17-22,30H,3-5,9,12-15H2,1-2H3,(H,28,31)/t17-,18?,19+,20-,21+,22+,26-/m1/s1. The highest BCUT2D eigenvalue weighted by molar-refractivity contribution is 9.09. The zero-order valence-electron chi connectivity index (χ0n) is 20.3. The predicted octanol–water partition coefficient (Wildman–Crippen LogP) is 2.21. The van der Waals surface area contributed by atoms with E-state index in [9.17, 15) is 19.5 Å². The molecule has 1 unspecified atom stereocenters. The first-order valence-corrected chi connectivity index (χ1v) is 13.5. The highest BCUT2D eigenvalue weighted by Crippen LogP contribution is 2.60. The lowest BCUT2D eigenvalue weighted by Crippen LogP contribution is -2.58. The van der Waals surface area contributed by atoms with Crippen LogP contribution in [-0.2, 0) is 30.3 Å². The van der Waals surface area contributed by atoms with Gasteiger partial charge in [-0.25, -0.2) is 0 Å². The van der Waals surface area contributed by atoms with E-state index in [0.717, 1.165) is 24.8 Å². The molecule has 0 aliphatic carbocycles. The molecule has 0 saturated carbocycles. The molecule has 7 atom stereocenters. The molecule has 3 saturated heterocycles. The Bertz CT molecular complexity index is 930. The van der Waals surface area contributed by atoms with Crippen LogP contribution in [0.1, 0.15) is 45.1 Å². The topological polar surface area (TPSA) is 105 Å². The predicted molar refractivity (Wildman–Crippen MR) is 133 cm³/mol. The molecule has 2 bridgehead atoms. The number of nitrogens with zero attached hydrogens (tertiary/aromatic N) is 1. The highest BCUT2D eigenvalue weighted by atomic mass is 79.9. The third-order valence-electron chi connectivity index (χ3n) is 7.53. The number of ether oxygens (including phenoxy) is 2. The molecule has 3 aliphatic rings. The van der Waals surface area contributed by atoms with Crippen LogP contribution in [0.25, 0.3) is 0 Å². The second-order valence-electron chi connectivity index (χ2n) is 9.69. The number of carbonyl (C=O) groups excluding carboxylic acids is 3. The quantitative estimate of drug-likeness (QED) is 0.248. The number of halogens is 1. The molecule has 0 aromatic heterocycles. The number of rotatable bonds is 11. The zero-order valence-corrected chi connectivity index (χ0v) is 21.9. The summed E-state index contributed by atoms with van der Waals surface area (Å²) in [7, 11) is 0. The van der Waals surface area contributed by atoms with Crippen molar-refractivity contribution in [1.82, 2.24) is 10.2 Å². The Morgan fingerprint density at radius 2 is 2.03 bits per heavy atom. The van der Waals surface area contributed by atoms with Crippen molar-refractivity contribution < 1.29 is 29.0 Å². The van der Waals surface area contributed by atoms with Gasteiger partial charge in [-0.15, -0.1) is 0 Å². The number of aliphatic hydroxyl groups is 1. The molecule has 8 nitrogen and oxygen atoms in total. The summed E-state index contributed by atoms with van der Waals surface area (Å²) in [4.78, 5) is 42.0. The van der Waals surface area contributed by atoms with Crippen molar-refractivity contribution in [3.8, 4) is 0 Å². The molecule has 3 fully saturated rings. The van der Waals surface area contributed by atoms with E-state index in [4.69, 9.17) is 9.47 Å². The minimum atomic E-state index is -1.15. The summed E-state index contributed by atoms with van der Waals surface area (Å²) in [5.41, 5.74) is -0.201. The number of amides is 2. The first kappa shape index (κ1) is 26.1. The Morgan fingerprint density at radius 1 is 1.29 bits per heavy atom. The monoisotopic (exact) mass is 550 g/mol. The van der Waals surface area contributed by atoms with Crippen LogP contribution >= 0.6 is 15.9 Å². The summed E-state index contributed by atoms with van der Waals surface area (Å²) < 4.78 is 11.8. The van der Waals surface area contributed by atoms with E-state index in [2.05, 4.69) is 28.2 Å². The van der Waals surface area contributed by atoms with E-state index in [1.54, 1.807) is 6.92 Å². The van der Waals surface area contributed by atoms with Gasteiger partial charge >= 0.3 is 5.97 Å². The van der Waals surface area contributed by atoms with E-state index in [0.29, 0.717) is 19.4 Å².